The van der Waals surface area contributed by atoms with Crippen LogP contribution in [0.4, 0.5) is 0 Å². The standard InChI is InChI=1S/C12H24N2O14S/c13-9-7(19)5(17)3(1-15)25-11(9,21)27-29(23,24)28-12(22)10(14)8(20)6(18)4(2-16)26-12/h3-10,15-22H,1-2,13-14H2/t3-,4-,5-,6-,7+,8+,9-,10-,11-,12-/m1/s1. The predicted molar refractivity (Wildman–Crippen MR) is 84.9 cm³/mol. The summed E-state index contributed by atoms with van der Waals surface area (Å²) in [5, 5.41) is 77.6. The van der Waals surface area contributed by atoms with Gasteiger partial charge in [-0.1, -0.05) is 0 Å². The van der Waals surface area contributed by atoms with Crippen molar-refractivity contribution in [2.45, 2.75) is 60.7 Å². The molecule has 2 fully saturated rings. The second kappa shape index (κ2) is 8.49. The number of hydrogen-bond acceptors (Lipinski definition) is 16. The van der Waals surface area contributed by atoms with Gasteiger partial charge in [0, 0.05) is 0 Å². The van der Waals surface area contributed by atoms with E-state index in [-0.39, 0.29) is 0 Å². The molecule has 0 aliphatic carbocycles. The average molecular weight is 452 g/mol. The average Bonchev–Trinajstić information content (AvgIpc) is 2.63. The van der Waals surface area contributed by atoms with E-state index in [1.165, 1.54) is 0 Å². The first-order valence-corrected chi connectivity index (χ1v) is 9.46. The van der Waals surface area contributed by atoms with Crippen LogP contribution in [-0.4, -0.2) is 123 Å². The van der Waals surface area contributed by atoms with Crippen LogP contribution in [0.2, 0.25) is 0 Å². The van der Waals surface area contributed by atoms with Gasteiger partial charge >= 0.3 is 22.3 Å². The Morgan fingerprint density at radius 3 is 1.34 bits per heavy atom. The van der Waals surface area contributed by atoms with Crippen LogP contribution in [0.15, 0.2) is 0 Å². The third kappa shape index (κ3) is 4.69. The molecule has 0 aromatic heterocycles. The van der Waals surface area contributed by atoms with E-state index in [1.54, 1.807) is 0 Å². The van der Waals surface area contributed by atoms with Crippen LogP contribution in [0, 0.1) is 0 Å². The highest BCUT2D eigenvalue weighted by atomic mass is 32.3. The molecule has 2 aliphatic heterocycles. The molecule has 29 heavy (non-hydrogen) atoms. The van der Waals surface area contributed by atoms with E-state index in [2.05, 4.69) is 17.8 Å². The highest BCUT2D eigenvalue weighted by Crippen LogP contribution is 2.33. The number of aliphatic hydroxyl groups excluding tert-OH is 6. The summed E-state index contributed by atoms with van der Waals surface area (Å²) in [6.45, 7) is -1.98. The summed E-state index contributed by atoms with van der Waals surface area (Å²) in [6.07, 6.45) is -11.1. The Kier molecular flexibility index (Phi) is 7.22. The molecule has 0 spiro atoms. The fourth-order valence-corrected chi connectivity index (χ4v) is 3.70. The monoisotopic (exact) mass is 452 g/mol. The fourth-order valence-electron chi connectivity index (χ4n) is 2.78. The van der Waals surface area contributed by atoms with E-state index in [0.717, 1.165) is 0 Å². The SMILES string of the molecule is N[C@@H]1[C@@H](O)[C@H](O)[C@@H](CO)O[C@@]1(O)OS(=O)(=O)O[C@]1(O)O[C@H](CO)[C@@H](O)[C@H](O)[C@H]1N. The maximum Gasteiger partial charge on any atom is 0.409 e. The Hall–Kier alpha value is -0.610. The van der Waals surface area contributed by atoms with Crippen molar-refractivity contribution in [1.29, 1.82) is 0 Å². The van der Waals surface area contributed by atoms with Crippen molar-refractivity contribution in [1.82, 2.24) is 0 Å². The summed E-state index contributed by atoms with van der Waals surface area (Å²) >= 11 is 0. The Bertz CT molecular complexity index is 628. The third-order valence-corrected chi connectivity index (χ3v) is 5.37. The number of hydrogen-bond donors (Lipinski definition) is 10. The van der Waals surface area contributed by atoms with Crippen molar-refractivity contribution in [3.8, 4) is 0 Å². The predicted octanol–water partition coefficient (Wildman–Crippen LogP) is -7.56. The van der Waals surface area contributed by atoms with Crippen molar-refractivity contribution in [3.05, 3.63) is 0 Å². The summed E-state index contributed by atoms with van der Waals surface area (Å²) in [5.41, 5.74) is 10.8. The van der Waals surface area contributed by atoms with Gasteiger partial charge in [-0.25, -0.2) is 0 Å². The first kappa shape index (κ1) is 24.7. The molecule has 17 heteroatoms. The molecule has 0 aromatic rings. The molecular weight excluding hydrogens is 428 g/mol. The van der Waals surface area contributed by atoms with Crippen LogP contribution in [-0.2, 0) is 28.2 Å². The number of nitrogens with two attached hydrogens (primary N) is 2. The normalized spacial score (nSPS) is 49.2. The minimum atomic E-state index is -5.57. The van der Waals surface area contributed by atoms with Crippen LogP contribution in [0.1, 0.15) is 0 Å². The summed E-state index contributed by atoms with van der Waals surface area (Å²) < 4.78 is 42.3. The maximum atomic E-state index is 12.2. The van der Waals surface area contributed by atoms with Crippen molar-refractivity contribution in [2.75, 3.05) is 13.2 Å². The molecule has 172 valence electrons. The van der Waals surface area contributed by atoms with Crippen molar-refractivity contribution < 1.29 is 67.1 Å². The third-order valence-electron chi connectivity index (χ3n) is 4.48. The lowest BCUT2D eigenvalue weighted by Gasteiger charge is -2.46. The molecule has 2 aliphatic rings. The molecule has 0 aromatic carbocycles. The van der Waals surface area contributed by atoms with E-state index < -0.39 is 84.3 Å². The molecule has 0 amide bonds. The zero-order chi connectivity index (χ0) is 22.4. The summed E-state index contributed by atoms with van der Waals surface area (Å²) in [6, 6.07) is -4.21. The maximum absolute atomic E-state index is 12.2. The van der Waals surface area contributed by atoms with Gasteiger partial charge in [-0.15, -0.1) is 0 Å². The molecule has 0 bridgehead atoms. The van der Waals surface area contributed by atoms with Crippen molar-refractivity contribution in [2.24, 2.45) is 11.5 Å². The summed E-state index contributed by atoms with van der Waals surface area (Å²) in [4.78, 5) is 0. The molecule has 0 radical (unpaired) electrons. The minimum Gasteiger partial charge on any atom is -0.394 e. The van der Waals surface area contributed by atoms with E-state index in [0.29, 0.717) is 0 Å². The highest BCUT2D eigenvalue weighted by Gasteiger charge is 2.59. The quantitative estimate of drug-likeness (QED) is 0.167. The van der Waals surface area contributed by atoms with E-state index in [4.69, 9.17) is 21.7 Å². The van der Waals surface area contributed by atoms with Gasteiger partial charge in [-0.3, -0.25) is 0 Å². The Labute approximate surface area is 163 Å². The molecule has 0 saturated carbocycles. The number of aliphatic hydroxyl groups is 8. The van der Waals surface area contributed by atoms with Gasteiger partial charge in [-0.2, -0.15) is 16.8 Å². The molecular formula is C12H24N2O14S. The second-order valence-corrected chi connectivity index (χ2v) is 7.68. The van der Waals surface area contributed by atoms with E-state index >= 15 is 0 Å². The zero-order valence-electron chi connectivity index (χ0n) is 14.6. The smallest absolute Gasteiger partial charge is 0.394 e. The molecule has 16 nitrogen and oxygen atoms in total. The van der Waals surface area contributed by atoms with Gasteiger partial charge < -0.3 is 61.8 Å². The Morgan fingerprint density at radius 2 is 1.07 bits per heavy atom. The largest absolute Gasteiger partial charge is 0.409 e. The topological polar surface area (TPSA) is 285 Å². The second-order valence-electron chi connectivity index (χ2n) is 6.53. The highest BCUT2D eigenvalue weighted by molar-refractivity contribution is 7.81. The van der Waals surface area contributed by atoms with E-state index in [1.807, 2.05) is 0 Å². The minimum absolute atomic E-state index is 0.988. The molecule has 12 N–H and O–H groups in total. The first-order valence-electron chi connectivity index (χ1n) is 8.13. The fraction of sp³-hybridized carbons (Fsp3) is 1.00. The van der Waals surface area contributed by atoms with Crippen LogP contribution in [0.25, 0.3) is 0 Å². The first-order chi connectivity index (χ1) is 13.2. The van der Waals surface area contributed by atoms with Crippen LogP contribution >= 0.6 is 0 Å². The van der Waals surface area contributed by atoms with Gasteiger partial charge in [0.1, 0.15) is 48.7 Å². The number of ether oxygens (including phenoxy) is 2. The van der Waals surface area contributed by atoms with Gasteiger partial charge in [0.2, 0.25) is 0 Å². The Morgan fingerprint density at radius 1 is 0.759 bits per heavy atom. The van der Waals surface area contributed by atoms with Gasteiger partial charge in [0.05, 0.1) is 13.2 Å². The van der Waals surface area contributed by atoms with Crippen molar-refractivity contribution >= 4 is 10.4 Å². The van der Waals surface area contributed by atoms with Crippen LogP contribution < -0.4 is 11.5 Å². The van der Waals surface area contributed by atoms with Crippen LogP contribution in [0.5, 0.6) is 0 Å². The lowest BCUT2D eigenvalue weighted by atomic mass is 9.96. The summed E-state index contributed by atoms with van der Waals surface area (Å²) in [5.74, 6) is -6.76. The Balaban J connectivity index is 2.24. The van der Waals surface area contributed by atoms with Gasteiger partial charge in [0.15, 0.2) is 0 Å². The zero-order valence-corrected chi connectivity index (χ0v) is 15.4. The van der Waals surface area contributed by atoms with Gasteiger partial charge in [0.25, 0.3) is 0 Å². The van der Waals surface area contributed by atoms with E-state index in [9.17, 15) is 39.1 Å². The van der Waals surface area contributed by atoms with Crippen LogP contribution in [0.3, 0.4) is 0 Å². The van der Waals surface area contributed by atoms with Gasteiger partial charge in [-0.05, 0) is 0 Å². The molecule has 0 unspecified atom stereocenters. The molecule has 10 atom stereocenters. The van der Waals surface area contributed by atoms with Crippen molar-refractivity contribution in [3.63, 3.8) is 0 Å². The lowest BCUT2D eigenvalue weighted by molar-refractivity contribution is -0.410. The molecule has 2 heterocycles. The number of rotatable bonds is 6. The summed E-state index contributed by atoms with van der Waals surface area (Å²) in [7, 11) is -5.57. The lowest BCUT2D eigenvalue weighted by Crippen LogP contribution is -2.71. The molecule has 2 saturated heterocycles. The molecule has 2 rings (SSSR count).